The van der Waals surface area contributed by atoms with Gasteiger partial charge in [0.25, 0.3) is 0 Å². The van der Waals surface area contributed by atoms with Crippen molar-refractivity contribution in [3.05, 3.63) is 0 Å². The van der Waals surface area contributed by atoms with E-state index in [-0.39, 0.29) is 12.4 Å². The van der Waals surface area contributed by atoms with Crippen LogP contribution in [0.2, 0.25) is 0 Å². The van der Waals surface area contributed by atoms with Crippen molar-refractivity contribution in [1.82, 2.24) is 0 Å². The van der Waals surface area contributed by atoms with Crippen molar-refractivity contribution in [2.75, 3.05) is 0 Å². The van der Waals surface area contributed by atoms with Gasteiger partial charge in [-0.15, -0.1) is 12.4 Å². The van der Waals surface area contributed by atoms with Crippen molar-refractivity contribution in [2.45, 2.75) is 46.0 Å². The molecule has 0 aliphatic rings. The Labute approximate surface area is 80.8 Å². The van der Waals surface area contributed by atoms with Crippen LogP contribution in [0.1, 0.15) is 46.0 Å². The molecule has 0 aliphatic carbocycles. The van der Waals surface area contributed by atoms with Gasteiger partial charge in [-0.1, -0.05) is 33.1 Å². The van der Waals surface area contributed by atoms with Gasteiger partial charge in [-0.3, -0.25) is 4.79 Å². The summed E-state index contributed by atoms with van der Waals surface area (Å²) in [4.78, 5) is 10.3. The van der Waals surface area contributed by atoms with Gasteiger partial charge in [-0.25, -0.2) is 0 Å². The van der Waals surface area contributed by atoms with Gasteiger partial charge in [0.15, 0.2) is 0 Å². The summed E-state index contributed by atoms with van der Waals surface area (Å²) < 4.78 is 0. The fourth-order valence-corrected chi connectivity index (χ4v) is 1.19. The Balaban J connectivity index is 0. The van der Waals surface area contributed by atoms with E-state index in [1.807, 2.05) is 0 Å². The van der Waals surface area contributed by atoms with Gasteiger partial charge in [0.1, 0.15) is 0 Å². The molecule has 0 aliphatic heterocycles. The minimum Gasteiger partial charge on any atom is -0.481 e. The predicted molar refractivity (Wildman–Crippen MR) is 52.8 cm³/mol. The monoisotopic (exact) mass is 194 g/mol. The molecule has 0 saturated carbocycles. The number of hydrogen-bond donors (Lipinski definition) is 1. The predicted octanol–water partition coefficient (Wildman–Crippen LogP) is 3.10. The van der Waals surface area contributed by atoms with Gasteiger partial charge in [0.05, 0.1) is 0 Å². The van der Waals surface area contributed by atoms with Crippen LogP contribution in [0.15, 0.2) is 0 Å². The molecule has 0 amide bonds. The highest BCUT2D eigenvalue weighted by atomic mass is 35.5. The summed E-state index contributed by atoms with van der Waals surface area (Å²) in [6.07, 6.45) is 4.73. The highest BCUT2D eigenvalue weighted by Crippen LogP contribution is 2.15. The zero-order valence-corrected chi connectivity index (χ0v) is 8.69. The average molecular weight is 195 g/mol. The van der Waals surface area contributed by atoms with Gasteiger partial charge in [0.2, 0.25) is 0 Å². The standard InChI is InChI=1S/C9H18O2.ClH/c1-3-5-6-8(4-2)7-9(10)11;/h8H,3-7H2,1-2H3,(H,10,11);1H. The lowest BCUT2D eigenvalue weighted by Gasteiger charge is -2.10. The maximum atomic E-state index is 10.3. The van der Waals surface area contributed by atoms with Crippen molar-refractivity contribution in [3.8, 4) is 0 Å². The minimum absolute atomic E-state index is 0. The second kappa shape index (κ2) is 8.85. The van der Waals surface area contributed by atoms with E-state index < -0.39 is 5.97 Å². The molecule has 0 bridgehead atoms. The Morgan fingerprint density at radius 3 is 2.33 bits per heavy atom. The van der Waals surface area contributed by atoms with E-state index in [1.165, 1.54) is 0 Å². The van der Waals surface area contributed by atoms with Crippen LogP contribution in [0.4, 0.5) is 0 Å². The second-order valence-electron chi connectivity index (χ2n) is 3.01. The number of halogens is 1. The number of aliphatic carboxylic acids is 1. The molecule has 0 aromatic rings. The highest BCUT2D eigenvalue weighted by Gasteiger charge is 2.09. The van der Waals surface area contributed by atoms with Crippen molar-refractivity contribution in [2.24, 2.45) is 5.92 Å². The van der Waals surface area contributed by atoms with E-state index in [2.05, 4.69) is 13.8 Å². The summed E-state index contributed by atoms with van der Waals surface area (Å²) >= 11 is 0. The van der Waals surface area contributed by atoms with E-state index in [9.17, 15) is 4.79 Å². The molecule has 3 heteroatoms. The lowest BCUT2D eigenvalue weighted by Crippen LogP contribution is -2.06. The van der Waals surface area contributed by atoms with Crippen LogP contribution < -0.4 is 0 Å². The Morgan fingerprint density at radius 1 is 1.42 bits per heavy atom. The second-order valence-corrected chi connectivity index (χ2v) is 3.01. The summed E-state index contributed by atoms with van der Waals surface area (Å²) in [5, 5.41) is 8.51. The topological polar surface area (TPSA) is 37.3 Å². The number of rotatable bonds is 6. The number of unbranched alkanes of at least 4 members (excludes halogenated alkanes) is 1. The first kappa shape index (κ1) is 14.3. The molecule has 0 saturated heterocycles. The summed E-state index contributed by atoms with van der Waals surface area (Å²) in [6.45, 7) is 4.19. The molecule has 0 aromatic carbocycles. The van der Waals surface area contributed by atoms with Crippen molar-refractivity contribution < 1.29 is 9.90 Å². The zero-order valence-electron chi connectivity index (χ0n) is 7.88. The van der Waals surface area contributed by atoms with Gasteiger partial charge in [-0.05, 0) is 12.3 Å². The van der Waals surface area contributed by atoms with Gasteiger partial charge in [-0.2, -0.15) is 0 Å². The molecule has 12 heavy (non-hydrogen) atoms. The van der Waals surface area contributed by atoms with Crippen LogP contribution in [0.3, 0.4) is 0 Å². The Hall–Kier alpha value is -0.240. The lowest BCUT2D eigenvalue weighted by atomic mass is 9.96. The van der Waals surface area contributed by atoms with Gasteiger partial charge >= 0.3 is 5.97 Å². The maximum absolute atomic E-state index is 10.3. The third-order valence-electron chi connectivity index (χ3n) is 2.01. The van der Waals surface area contributed by atoms with Crippen LogP contribution in [0, 0.1) is 5.92 Å². The molecule has 0 radical (unpaired) electrons. The molecule has 0 spiro atoms. The van der Waals surface area contributed by atoms with Gasteiger partial charge < -0.3 is 5.11 Å². The van der Waals surface area contributed by atoms with Crippen molar-refractivity contribution in [1.29, 1.82) is 0 Å². The number of carboxylic acid groups (broad SMARTS) is 1. The zero-order chi connectivity index (χ0) is 8.69. The molecule has 0 aromatic heterocycles. The fourth-order valence-electron chi connectivity index (χ4n) is 1.19. The Bertz CT molecular complexity index is 115. The molecule has 1 atom stereocenters. The maximum Gasteiger partial charge on any atom is 0.303 e. The molecular formula is C9H19ClO2. The fraction of sp³-hybridized carbons (Fsp3) is 0.889. The summed E-state index contributed by atoms with van der Waals surface area (Å²) in [7, 11) is 0. The van der Waals surface area contributed by atoms with Crippen LogP contribution >= 0.6 is 12.4 Å². The normalized spacial score (nSPS) is 11.8. The largest absolute Gasteiger partial charge is 0.481 e. The smallest absolute Gasteiger partial charge is 0.303 e. The summed E-state index contributed by atoms with van der Waals surface area (Å²) in [6, 6.07) is 0. The molecular weight excluding hydrogens is 176 g/mol. The first-order chi connectivity index (χ1) is 5.20. The minimum atomic E-state index is -0.659. The Kier molecular flexibility index (Phi) is 10.5. The summed E-state index contributed by atoms with van der Waals surface area (Å²) in [5.41, 5.74) is 0. The molecule has 0 fully saturated rings. The van der Waals surface area contributed by atoms with Gasteiger partial charge in [0, 0.05) is 6.42 Å². The lowest BCUT2D eigenvalue weighted by molar-refractivity contribution is -0.138. The number of carbonyl (C=O) groups is 1. The van der Waals surface area contributed by atoms with Crippen molar-refractivity contribution in [3.63, 3.8) is 0 Å². The number of carboxylic acids is 1. The molecule has 74 valence electrons. The molecule has 2 nitrogen and oxygen atoms in total. The first-order valence-electron chi connectivity index (χ1n) is 4.42. The van der Waals surface area contributed by atoms with Crippen LogP contribution in [0.5, 0.6) is 0 Å². The van der Waals surface area contributed by atoms with E-state index in [0.717, 1.165) is 25.7 Å². The third kappa shape index (κ3) is 7.86. The number of hydrogen-bond acceptors (Lipinski definition) is 1. The first-order valence-corrected chi connectivity index (χ1v) is 4.42. The molecule has 1 unspecified atom stereocenters. The highest BCUT2D eigenvalue weighted by molar-refractivity contribution is 5.85. The van der Waals surface area contributed by atoms with E-state index in [4.69, 9.17) is 5.11 Å². The SMILES string of the molecule is CCCCC(CC)CC(=O)O.Cl. The third-order valence-corrected chi connectivity index (χ3v) is 2.01. The van der Waals surface area contributed by atoms with Crippen LogP contribution in [0.25, 0.3) is 0 Å². The van der Waals surface area contributed by atoms with E-state index >= 15 is 0 Å². The summed E-state index contributed by atoms with van der Waals surface area (Å²) in [5.74, 6) is -0.264. The molecule has 1 N–H and O–H groups in total. The van der Waals surface area contributed by atoms with Crippen LogP contribution in [-0.2, 0) is 4.79 Å². The average Bonchev–Trinajstić information content (AvgIpc) is 1.97. The van der Waals surface area contributed by atoms with E-state index in [0.29, 0.717) is 12.3 Å². The Morgan fingerprint density at radius 2 is 2.00 bits per heavy atom. The van der Waals surface area contributed by atoms with E-state index in [1.54, 1.807) is 0 Å². The molecule has 0 heterocycles. The van der Waals surface area contributed by atoms with Crippen molar-refractivity contribution >= 4 is 18.4 Å². The quantitative estimate of drug-likeness (QED) is 0.706. The molecule has 0 rings (SSSR count). The van der Waals surface area contributed by atoms with Crippen LogP contribution in [-0.4, -0.2) is 11.1 Å².